The quantitative estimate of drug-likeness (QED) is 0.0845. The van der Waals surface area contributed by atoms with Gasteiger partial charge in [-0.25, -0.2) is 4.68 Å². The van der Waals surface area contributed by atoms with Crippen molar-refractivity contribution in [1.82, 2.24) is 19.6 Å². The van der Waals surface area contributed by atoms with E-state index in [1.807, 2.05) is 57.2 Å². The summed E-state index contributed by atoms with van der Waals surface area (Å²) in [5, 5.41) is 27.6. The van der Waals surface area contributed by atoms with E-state index in [1.165, 1.54) is 6.21 Å². The summed E-state index contributed by atoms with van der Waals surface area (Å²) in [6.07, 6.45) is 4.94. The van der Waals surface area contributed by atoms with E-state index < -0.39 is 10.9 Å². The normalized spacial score (nSPS) is 20.0. The first kappa shape index (κ1) is 46.0. The number of methoxy groups -OCH3 is 1. The molecule has 15 heteroatoms. The summed E-state index contributed by atoms with van der Waals surface area (Å²) < 4.78 is 6.79. The standard InChI is InChI=1S/C29H36Cl2IN8O2P.C5H12O.C2H6.CH4/c1-5-28(4)13-38(27(42)18(3)30)6-7-39(28)26-24(23-20(11-33)21(36-43-32)8-17(2)25(23)31)22(12-34)40(35-26)19-9-29(10-19)14-37(15-29)16-41;1-5(2,3)6-4;1-2;/h8,11,16,18-19,33,36,43H,5-7,9-10,13-15H2,1-4H3;1-4H3;1-2H3;1H4/t18?,28-;;;/m0.../s1. The molecule has 2 N–H and O–H groups in total. The molecule has 3 fully saturated rings. The number of hydrogen-bond acceptors (Lipinski definition) is 8. The molecule has 1 aliphatic carbocycles. The number of rotatable bonds is 9. The molecular formula is C37H58Cl2IN8O3P. The number of benzene rings is 1. The molecule has 2 amide bonds. The van der Waals surface area contributed by atoms with Crippen LogP contribution in [0.1, 0.15) is 105 Å². The van der Waals surface area contributed by atoms with E-state index in [2.05, 4.69) is 51.9 Å². The predicted molar refractivity (Wildman–Crippen MR) is 227 cm³/mol. The van der Waals surface area contributed by atoms with Gasteiger partial charge in [0.2, 0.25) is 12.3 Å². The number of anilines is 2. The lowest BCUT2D eigenvalue weighted by molar-refractivity contribution is -0.140. The molecule has 3 aliphatic rings. The van der Waals surface area contributed by atoms with Gasteiger partial charge in [-0.2, -0.15) is 10.4 Å². The molecule has 2 aliphatic heterocycles. The molecule has 5 rings (SSSR count). The fourth-order valence-corrected chi connectivity index (χ4v) is 8.57. The number of piperazine rings is 1. The molecule has 1 aromatic carbocycles. The lowest BCUT2D eigenvalue weighted by atomic mass is 9.61. The highest BCUT2D eigenvalue weighted by molar-refractivity contribution is 14.2. The third kappa shape index (κ3) is 9.55. The van der Waals surface area contributed by atoms with E-state index in [0.717, 1.165) is 50.0 Å². The molecule has 3 atom stereocenters. The van der Waals surface area contributed by atoms with Crippen LogP contribution in [0.2, 0.25) is 5.02 Å². The molecule has 11 nitrogen and oxygen atoms in total. The molecular weight excluding hydrogens is 833 g/mol. The van der Waals surface area contributed by atoms with Gasteiger partial charge in [-0.15, -0.1) is 11.6 Å². The molecule has 2 aromatic rings. The fourth-order valence-electron chi connectivity index (χ4n) is 7.00. The van der Waals surface area contributed by atoms with Gasteiger partial charge in [0.25, 0.3) is 0 Å². The molecule has 1 spiro atoms. The molecule has 3 heterocycles. The van der Waals surface area contributed by atoms with Gasteiger partial charge in [-0.3, -0.25) is 9.59 Å². The maximum absolute atomic E-state index is 12.9. The van der Waals surface area contributed by atoms with Crippen LogP contribution in [0.3, 0.4) is 0 Å². The van der Waals surface area contributed by atoms with Crippen LogP contribution >= 0.6 is 51.6 Å². The van der Waals surface area contributed by atoms with Crippen LogP contribution < -0.4 is 9.99 Å². The highest BCUT2D eigenvalue weighted by Crippen LogP contribution is 2.55. The number of nitrogens with one attached hydrogen (secondary N) is 2. The van der Waals surface area contributed by atoms with Crippen molar-refractivity contribution in [2.24, 2.45) is 5.41 Å². The third-order valence-electron chi connectivity index (χ3n) is 10.0. The second-order valence-corrected chi connectivity index (χ2v) is 17.7. The van der Waals surface area contributed by atoms with Gasteiger partial charge in [0, 0.05) is 74.7 Å². The van der Waals surface area contributed by atoms with E-state index in [9.17, 15) is 14.9 Å². The molecule has 1 saturated carbocycles. The molecule has 290 valence electrons. The smallest absolute Gasteiger partial charge is 0.240 e. The Labute approximate surface area is 336 Å². The summed E-state index contributed by atoms with van der Waals surface area (Å²) in [4.78, 5) is 30.0. The van der Waals surface area contributed by atoms with Gasteiger partial charge >= 0.3 is 0 Å². The minimum atomic E-state index is -0.619. The number of nitriles is 1. The Hall–Kier alpha value is -2.17. The van der Waals surface area contributed by atoms with E-state index in [4.69, 9.17) is 38.4 Å². The number of carbonyl (C=O) groups excluding carboxylic acids is 2. The molecule has 52 heavy (non-hydrogen) atoms. The number of aryl methyl sites for hydroxylation is 1. The van der Waals surface area contributed by atoms with E-state index in [0.29, 0.717) is 59.2 Å². The Balaban J connectivity index is 0.000000945. The second-order valence-electron chi connectivity index (χ2n) is 14.6. The number of carbonyl (C=O) groups is 2. The van der Waals surface area contributed by atoms with Crippen LogP contribution in [0.5, 0.6) is 0 Å². The Bertz CT molecular complexity index is 1610. The third-order valence-corrected chi connectivity index (χ3v) is 11.9. The monoisotopic (exact) mass is 890 g/mol. The van der Waals surface area contributed by atoms with Crippen molar-refractivity contribution in [2.75, 3.05) is 49.8 Å². The summed E-state index contributed by atoms with van der Waals surface area (Å²) in [6.45, 7) is 20.8. The zero-order valence-electron chi connectivity index (χ0n) is 31.6. The number of ether oxygens (including phenoxy) is 1. The van der Waals surface area contributed by atoms with Crippen molar-refractivity contribution in [3.8, 4) is 17.2 Å². The highest BCUT2D eigenvalue weighted by atomic mass is 127. The molecule has 0 bridgehead atoms. The Morgan fingerprint density at radius 1 is 1.27 bits per heavy atom. The molecule has 2 saturated heterocycles. The predicted octanol–water partition coefficient (Wildman–Crippen LogP) is 9.07. The van der Waals surface area contributed by atoms with Crippen LogP contribution in [0.25, 0.3) is 11.1 Å². The lowest BCUT2D eigenvalue weighted by Crippen LogP contribution is -2.63. The second kappa shape index (κ2) is 18.9. The first-order valence-electron chi connectivity index (χ1n) is 17.5. The minimum absolute atomic E-state index is 0. The number of likely N-dealkylation sites (tertiary alicyclic amines) is 1. The van der Waals surface area contributed by atoms with Crippen LogP contribution in [0, 0.1) is 29.1 Å². The van der Waals surface area contributed by atoms with Gasteiger partial charge in [0.15, 0.2) is 5.82 Å². The molecule has 0 radical (unpaired) electrons. The number of nitrogens with zero attached hydrogens (tertiary/aromatic N) is 6. The lowest BCUT2D eigenvalue weighted by Gasteiger charge is -2.57. The van der Waals surface area contributed by atoms with Crippen molar-refractivity contribution in [1.29, 1.82) is 10.7 Å². The number of hydrogen-bond donors (Lipinski definition) is 2. The number of halogens is 3. The number of amides is 2. The van der Waals surface area contributed by atoms with Crippen molar-refractivity contribution in [3.63, 3.8) is 0 Å². The highest BCUT2D eigenvalue weighted by Gasteiger charge is 2.54. The van der Waals surface area contributed by atoms with Gasteiger partial charge < -0.3 is 29.9 Å². The fraction of sp³-hybridized carbons (Fsp3) is 0.649. The maximum Gasteiger partial charge on any atom is 0.240 e. The topological polar surface area (TPSA) is 131 Å². The largest absolute Gasteiger partial charge is 0.379 e. The van der Waals surface area contributed by atoms with Crippen molar-refractivity contribution >= 4 is 81.7 Å². The number of aromatic nitrogens is 2. The van der Waals surface area contributed by atoms with Gasteiger partial charge in [-0.05, 0) is 94.5 Å². The van der Waals surface area contributed by atoms with Crippen LogP contribution in [0.4, 0.5) is 11.5 Å². The van der Waals surface area contributed by atoms with E-state index in [1.54, 1.807) is 18.9 Å². The van der Waals surface area contributed by atoms with Crippen LogP contribution in [0.15, 0.2) is 6.07 Å². The van der Waals surface area contributed by atoms with Crippen molar-refractivity contribution < 1.29 is 14.3 Å². The molecule has 2 unspecified atom stereocenters. The van der Waals surface area contributed by atoms with Crippen LogP contribution in [-0.4, -0.2) is 94.5 Å². The summed E-state index contributed by atoms with van der Waals surface area (Å²) >= 11 is 15.5. The van der Waals surface area contributed by atoms with Gasteiger partial charge in [0.1, 0.15) is 17.1 Å². The first-order chi connectivity index (χ1) is 24.0. The first-order valence-corrected chi connectivity index (χ1v) is 22.4. The van der Waals surface area contributed by atoms with Crippen molar-refractivity contribution in [2.45, 2.75) is 112 Å². The van der Waals surface area contributed by atoms with E-state index in [-0.39, 0.29) is 30.4 Å². The van der Waals surface area contributed by atoms with Crippen LogP contribution in [-0.2, 0) is 14.3 Å². The van der Waals surface area contributed by atoms with Gasteiger partial charge in [0.05, 0.1) is 27.8 Å². The summed E-state index contributed by atoms with van der Waals surface area (Å²) in [5.41, 5.74) is 3.47. The average Bonchev–Trinajstić information content (AvgIpc) is 3.43. The Morgan fingerprint density at radius 2 is 1.87 bits per heavy atom. The minimum Gasteiger partial charge on any atom is -0.379 e. The van der Waals surface area contributed by atoms with Crippen molar-refractivity contribution in [3.05, 3.63) is 27.9 Å². The zero-order valence-corrected chi connectivity index (χ0v) is 36.3. The SMILES string of the molecule is C.CC.CC[C@@]1(C)CN(C(=O)C(C)Cl)CCN1c1nn(C2CC3(C2)CN(C=O)C3)c(C#N)c1-c1c(Cl)c(C)cc(NPI)c1C=N.COC(C)(C)C. The summed E-state index contributed by atoms with van der Waals surface area (Å²) in [7, 11) is 1.71. The summed E-state index contributed by atoms with van der Waals surface area (Å²) in [6, 6.07) is 4.40. The summed E-state index contributed by atoms with van der Waals surface area (Å²) in [5.74, 6) is 0.534. The molecule has 1 aromatic heterocycles. The average molecular weight is 892 g/mol. The van der Waals surface area contributed by atoms with E-state index >= 15 is 0 Å². The number of alkyl halides is 1. The maximum atomic E-state index is 12.9. The van der Waals surface area contributed by atoms with Gasteiger partial charge in [-0.1, -0.05) is 39.8 Å². The Morgan fingerprint density at radius 3 is 2.33 bits per heavy atom. The Kier molecular flexibility index (Phi) is 16.7. The zero-order chi connectivity index (χ0) is 38.5.